The molecule has 2 aliphatic rings. The van der Waals surface area contributed by atoms with Gasteiger partial charge < -0.3 is 19.1 Å². The van der Waals surface area contributed by atoms with Crippen molar-refractivity contribution in [2.24, 2.45) is 5.92 Å². The number of rotatable bonds is 6. The molecular formula is C21H31NO4. The van der Waals surface area contributed by atoms with E-state index >= 15 is 0 Å². The van der Waals surface area contributed by atoms with E-state index in [1.807, 2.05) is 12.1 Å². The predicted octanol–water partition coefficient (Wildman–Crippen LogP) is 3.83. The molecular weight excluding hydrogens is 330 g/mol. The zero-order valence-electron chi connectivity index (χ0n) is 16.3. The summed E-state index contributed by atoms with van der Waals surface area (Å²) in [5.74, 6) is 2.88. The standard InChI is InChI=1S/C21H31NO4/c1-24-18-12-10-16(20(25-2)21(18)26-3)11-13-19(23)22-14-6-8-15-7-4-5-9-17(15)22/h10,12,15,17H,4-9,11,13-14H2,1-3H3. The number of amides is 1. The van der Waals surface area contributed by atoms with Gasteiger partial charge in [0.05, 0.1) is 21.3 Å². The van der Waals surface area contributed by atoms with Crippen molar-refractivity contribution in [1.82, 2.24) is 4.90 Å². The van der Waals surface area contributed by atoms with E-state index in [1.165, 1.54) is 32.1 Å². The average Bonchev–Trinajstić information content (AvgIpc) is 2.70. The minimum absolute atomic E-state index is 0.276. The van der Waals surface area contributed by atoms with Gasteiger partial charge in [-0.15, -0.1) is 0 Å². The smallest absolute Gasteiger partial charge is 0.223 e. The number of likely N-dealkylation sites (tertiary alicyclic amines) is 1. The lowest BCUT2D eigenvalue weighted by Gasteiger charge is -2.44. The van der Waals surface area contributed by atoms with Crippen molar-refractivity contribution in [2.45, 2.75) is 57.4 Å². The minimum atomic E-state index is 0.276. The molecule has 0 bridgehead atoms. The minimum Gasteiger partial charge on any atom is -0.493 e. The number of carbonyl (C=O) groups is 1. The van der Waals surface area contributed by atoms with Crippen LogP contribution in [0.2, 0.25) is 0 Å². The van der Waals surface area contributed by atoms with Gasteiger partial charge in [-0.25, -0.2) is 0 Å². The maximum Gasteiger partial charge on any atom is 0.223 e. The zero-order chi connectivity index (χ0) is 18.5. The first-order valence-electron chi connectivity index (χ1n) is 9.77. The predicted molar refractivity (Wildman–Crippen MR) is 101 cm³/mol. The lowest BCUT2D eigenvalue weighted by atomic mass is 9.78. The molecule has 0 spiro atoms. The summed E-state index contributed by atoms with van der Waals surface area (Å²) in [4.78, 5) is 15.1. The Morgan fingerprint density at radius 3 is 2.46 bits per heavy atom. The van der Waals surface area contributed by atoms with E-state index < -0.39 is 0 Å². The molecule has 1 saturated carbocycles. The summed E-state index contributed by atoms with van der Waals surface area (Å²) in [5.41, 5.74) is 0.982. The molecule has 3 rings (SSSR count). The zero-order valence-corrected chi connectivity index (χ0v) is 16.3. The van der Waals surface area contributed by atoms with Crippen molar-refractivity contribution in [3.05, 3.63) is 17.7 Å². The Labute approximate surface area is 156 Å². The maximum atomic E-state index is 12.9. The summed E-state index contributed by atoms with van der Waals surface area (Å²) in [6.07, 6.45) is 8.64. The third kappa shape index (κ3) is 3.76. The Kier molecular flexibility index (Phi) is 6.28. The van der Waals surface area contributed by atoms with Crippen LogP contribution in [0.15, 0.2) is 12.1 Å². The molecule has 1 aromatic carbocycles. The van der Waals surface area contributed by atoms with Crippen LogP contribution in [-0.2, 0) is 11.2 Å². The third-order valence-electron chi connectivity index (χ3n) is 5.96. The molecule has 1 aromatic rings. The Hall–Kier alpha value is -1.91. The van der Waals surface area contributed by atoms with Gasteiger partial charge in [0.25, 0.3) is 0 Å². The van der Waals surface area contributed by atoms with Crippen molar-refractivity contribution in [1.29, 1.82) is 0 Å². The molecule has 0 radical (unpaired) electrons. The van der Waals surface area contributed by atoms with Crippen LogP contribution < -0.4 is 14.2 Å². The molecule has 5 heteroatoms. The van der Waals surface area contributed by atoms with Crippen LogP contribution in [0.3, 0.4) is 0 Å². The molecule has 144 valence electrons. The highest BCUT2D eigenvalue weighted by atomic mass is 16.5. The molecule has 1 heterocycles. The van der Waals surface area contributed by atoms with Gasteiger partial charge in [-0.3, -0.25) is 4.79 Å². The van der Waals surface area contributed by atoms with Crippen LogP contribution in [0.1, 0.15) is 50.5 Å². The summed E-state index contributed by atoms with van der Waals surface area (Å²) in [7, 11) is 4.84. The van der Waals surface area contributed by atoms with Crippen molar-refractivity contribution < 1.29 is 19.0 Å². The van der Waals surface area contributed by atoms with Crippen molar-refractivity contribution in [3.63, 3.8) is 0 Å². The summed E-state index contributed by atoms with van der Waals surface area (Å²) >= 11 is 0. The van der Waals surface area contributed by atoms with Crippen LogP contribution in [0, 0.1) is 5.92 Å². The van der Waals surface area contributed by atoms with Gasteiger partial charge >= 0.3 is 0 Å². The largest absolute Gasteiger partial charge is 0.493 e. The third-order valence-corrected chi connectivity index (χ3v) is 5.96. The fourth-order valence-corrected chi connectivity index (χ4v) is 4.68. The Bertz CT molecular complexity index is 629. The molecule has 0 N–H and O–H groups in total. The Morgan fingerprint density at radius 1 is 1.00 bits per heavy atom. The molecule has 5 nitrogen and oxygen atoms in total. The van der Waals surface area contributed by atoms with Gasteiger partial charge in [-0.2, -0.15) is 0 Å². The second kappa shape index (κ2) is 8.65. The highest BCUT2D eigenvalue weighted by Crippen LogP contribution is 2.40. The molecule has 2 unspecified atom stereocenters. The summed E-state index contributed by atoms with van der Waals surface area (Å²) < 4.78 is 16.3. The summed E-state index contributed by atoms with van der Waals surface area (Å²) in [6, 6.07) is 4.31. The van der Waals surface area contributed by atoms with E-state index in [0.29, 0.717) is 36.1 Å². The summed E-state index contributed by atoms with van der Waals surface area (Å²) in [6.45, 7) is 0.920. The van der Waals surface area contributed by atoms with Crippen LogP contribution in [0.5, 0.6) is 17.2 Å². The number of methoxy groups -OCH3 is 3. The number of piperidine rings is 1. The van der Waals surface area contributed by atoms with Gasteiger partial charge in [-0.1, -0.05) is 18.9 Å². The lowest BCUT2D eigenvalue weighted by molar-refractivity contribution is -0.137. The lowest BCUT2D eigenvalue weighted by Crippen LogP contribution is -2.49. The first kappa shape index (κ1) is 18.9. The van der Waals surface area contributed by atoms with Gasteiger partial charge in [0.1, 0.15) is 0 Å². The molecule has 1 amide bonds. The number of fused-ring (bicyclic) bond motifs is 1. The van der Waals surface area contributed by atoms with E-state index in [0.717, 1.165) is 24.4 Å². The number of ether oxygens (including phenoxy) is 3. The van der Waals surface area contributed by atoms with E-state index in [4.69, 9.17) is 14.2 Å². The van der Waals surface area contributed by atoms with Crippen LogP contribution in [-0.4, -0.2) is 44.7 Å². The first-order chi connectivity index (χ1) is 12.7. The van der Waals surface area contributed by atoms with E-state index in [9.17, 15) is 4.79 Å². The number of hydrogen-bond acceptors (Lipinski definition) is 4. The van der Waals surface area contributed by atoms with Crippen molar-refractivity contribution >= 4 is 5.91 Å². The highest BCUT2D eigenvalue weighted by Gasteiger charge is 2.35. The number of carbonyl (C=O) groups excluding carboxylic acids is 1. The van der Waals surface area contributed by atoms with Crippen molar-refractivity contribution in [2.75, 3.05) is 27.9 Å². The Morgan fingerprint density at radius 2 is 1.73 bits per heavy atom. The SMILES string of the molecule is COc1ccc(CCC(=O)N2CCCC3CCCCC32)c(OC)c1OC. The Balaban J connectivity index is 1.69. The van der Waals surface area contributed by atoms with Crippen LogP contribution >= 0.6 is 0 Å². The molecule has 26 heavy (non-hydrogen) atoms. The number of benzene rings is 1. The molecule has 1 saturated heterocycles. The van der Waals surface area contributed by atoms with Gasteiger partial charge in [0.15, 0.2) is 11.5 Å². The summed E-state index contributed by atoms with van der Waals surface area (Å²) in [5, 5.41) is 0. The van der Waals surface area contributed by atoms with E-state index in [2.05, 4.69) is 4.90 Å². The number of aryl methyl sites for hydroxylation is 1. The van der Waals surface area contributed by atoms with Gasteiger partial charge in [0.2, 0.25) is 11.7 Å². The second-order valence-corrected chi connectivity index (χ2v) is 7.33. The topological polar surface area (TPSA) is 48.0 Å². The molecule has 1 aliphatic carbocycles. The first-order valence-corrected chi connectivity index (χ1v) is 9.77. The maximum absolute atomic E-state index is 12.9. The number of hydrogen-bond donors (Lipinski definition) is 0. The molecule has 1 aliphatic heterocycles. The quantitative estimate of drug-likeness (QED) is 0.773. The molecule has 0 aromatic heterocycles. The highest BCUT2D eigenvalue weighted by molar-refractivity contribution is 5.77. The second-order valence-electron chi connectivity index (χ2n) is 7.33. The van der Waals surface area contributed by atoms with Crippen LogP contribution in [0.25, 0.3) is 0 Å². The normalized spacial score (nSPS) is 22.5. The molecule has 2 fully saturated rings. The van der Waals surface area contributed by atoms with Gasteiger partial charge in [0, 0.05) is 19.0 Å². The van der Waals surface area contributed by atoms with Gasteiger partial charge in [-0.05, 0) is 49.7 Å². The van der Waals surface area contributed by atoms with Crippen LogP contribution in [0.4, 0.5) is 0 Å². The monoisotopic (exact) mass is 361 g/mol. The molecule has 2 atom stereocenters. The fraction of sp³-hybridized carbons (Fsp3) is 0.667. The van der Waals surface area contributed by atoms with Crippen molar-refractivity contribution in [3.8, 4) is 17.2 Å². The van der Waals surface area contributed by atoms with E-state index in [-0.39, 0.29) is 5.91 Å². The fourth-order valence-electron chi connectivity index (χ4n) is 4.68. The number of nitrogens with zero attached hydrogens (tertiary/aromatic N) is 1. The average molecular weight is 361 g/mol. The van der Waals surface area contributed by atoms with E-state index in [1.54, 1.807) is 21.3 Å².